The van der Waals surface area contributed by atoms with Crippen molar-refractivity contribution in [2.45, 2.75) is 13.8 Å². The summed E-state index contributed by atoms with van der Waals surface area (Å²) in [5.74, 6) is 0.804. The SMILES string of the molecule is CC(C)CN1[Se]c2ccccc2[Se]1. The Morgan fingerprint density at radius 3 is 2.15 bits per heavy atom. The molecule has 0 radical (unpaired) electrons. The maximum absolute atomic E-state index is 2.65. The van der Waals surface area contributed by atoms with E-state index in [2.05, 4.69) is 41.0 Å². The van der Waals surface area contributed by atoms with E-state index in [9.17, 15) is 0 Å². The van der Waals surface area contributed by atoms with Crippen LogP contribution in [0.1, 0.15) is 13.8 Å². The summed E-state index contributed by atoms with van der Waals surface area (Å²) in [6, 6.07) is 8.90. The van der Waals surface area contributed by atoms with Crippen LogP contribution in [0.3, 0.4) is 0 Å². The van der Waals surface area contributed by atoms with Crippen LogP contribution in [0.5, 0.6) is 0 Å². The average Bonchev–Trinajstić information content (AvgIpc) is 2.44. The molecule has 1 aliphatic heterocycles. The minimum absolute atomic E-state index is 0.612. The zero-order valence-corrected chi connectivity index (χ0v) is 11.3. The molecule has 13 heavy (non-hydrogen) atoms. The first-order valence-electron chi connectivity index (χ1n) is 4.48. The molecule has 1 aromatic carbocycles. The quantitative estimate of drug-likeness (QED) is 0.703. The van der Waals surface area contributed by atoms with Gasteiger partial charge in [0.05, 0.1) is 0 Å². The minimum atomic E-state index is 0.612. The summed E-state index contributed by atoms with van der Waals surface area (Å²) in [4.78, 5) is 0. The van der Waals surface area contributed by atoms with Gasteiger partial charge in [0.25, 0.3) is 0 Å². The van der Waals surface area contributed by atoms with Crippen LogP contribution in [0.25, 0.3) is 0 Å². The fourth-order valence-corrected chi connectivity index (χ4v) is 7.99. The third-order valence-electron chi connectivity index (χ3n) is 1.76. The van der Waals surface area contributed by atoms with Crippen molar-refractivity contribution in [3.8, 4) is 0 Å². The Bertz CT molecular complexity index is 274. The first-order valence-corrected chi connectivity index (χ1v) is 7.73. The molecule has 2 rings (SSSR count). The van der Waals surface area contributed by atoms with Gasteiger partial charge in [0.1, 0.15) is 0 Å². The molecule has 70 valence electrons. The fraction of sp³-hybridized carbons (Fsp3) is 0.400. The molecule has 1 aliphatic rings. The van der Waals surface area contributed by atoms with E-state index < -0.39 is 0 Å². The van der Waals surface area contributed by atoms with E-state index in [0.29, 0.717) is 30.3 Å². The number of benzene rings is 1. The summed E-state index contributed by atoms with van der Waals surface area (Å²) in [6.07, 6.45) is 0. The van der Waals surface area contributed by atoms with Gasteiger partial charge in [-0.15, -0.1) is 0 Å². The molecule has 1 heterocycles. The van der Waals surface area contributed by atoms with Gasteiger partial charge in [0.15, 0.2) is 0 Å². The Balaban J connectivity index is 2.05. The second kappa shape index (κ2) is 4.16. The van der Waals surface area contributed by atoms with Crippen LogP contribution in [0.15, 0.2) is 24.3 Å². The zero-order chi connectivity index (χ0) is 9.26. The van der Waals surface area contributed by atoms with Gasteiger partial charge >= 0.3 is 92.8 Å². The molecule has 0 spiro atoms. The molecule has 0 fully saturated rings. The molecule has 0 bridgehead atoms. The Morgan fingerprint density at radius 1 is 1.15 bits per heavy atom. The standard InChI is InChI=1S/C10H13NSe2/c1-8(2)7-11-12-9-5-3-4-6-10(9)13-11/h3-6,8H,7H2,1-2H3. The molecule has 1 nitrogen and oxygen atoms in total. The molecular formula is C10H13NSe2. The van der Waals surface area contributed by atoms with E-state index in [1.807, 2.05) is 0 Å². The van der Waals surface area contributed by atoms with E-state index in [1.165, 1.54) is 6.54 Å². The molecular weight excluding hydrogens is 292 g/mol. The monoisotopic (exact) mass is 307 g/mol. The van der Waals surface area contributed by atoms with Crippen LogP contribution in [0.2, 0.25) is 0 Å². The van der Waals surface area contributed by atoms with Crippen LogP contribution in [0.4, 0.5) is 0 Å². The van der Waals surface area contributed by atoms with Gasteiger partial charge in [0.2, 0.25) is 0 Å². The molecule has 0 unspecified atom stereocenters. The first-order chi connectivity index (χ1) is 6.25. The van der Waals surface area contributed by atoms with Crippen LogP contribution >= 0.6 is 0 Å². The van der Waals surface area contributed by atoms with Crippen molar-refractivity contribution in [2.24, 2.45) is 5.92 Å². The third-order valence-corrected chi connectivity index (χ3v) is 7.84. The fourth-order valence-electron chi connectivity index (χ4n) is 1.21. The summed E-state index contributed by atoms with van der Waals surface area (Å²) in [5, 5.41) is 0. The van der Waals surface area contributed by atoms with Crippen molar-refractivity contribution in [2.75, 3.05) is 6.54 Å². The van der Waals surface area contributed by atoms with Gasteiger partial charge in [-0.2, -0.15) is 0 Å². The molecule has 0 amide bonds. The summed E-state index contributed by atoms with van der Waals surface area (Å²) < 4.78 is 5.86. The molecule has 0 aromatic heterocycles. The van der Waals surface area contributed by atoms with E-state index in [0.717, 1.165) is 5.92 Å². The summed E-state index contributed by atoms with van der Waals surface area (Å²) in [5.41, 5.74) is 0. The van der Waals surface area contributed by atoms with Gasteiger partial charge in [-0.1, -0.05) is 0 Å². The van der Waals surface area contributed by atoms with E-state index in [1.54, 1.807) is 8.92 Å². The Hall–Kier alpha value is 0.219. The van der Waals surface area contributed by atoms with Crippen molar-refractivity contribution >= 4 is 39.3 Å². The summed E-state index contributed by atoms with van der Waals surface area (Å²) in [6.45, 7) is 5.87. The molecule has 0 saturated heterocycles. The normalized spacial score (nSPS) is 16.5. The molecule has 1 aromatic rings. The second-order valence-corrected chi connectivity index (χ2v) is 9.17. The van der Waals surface area contributed by atoms with Crippen molar-refractivity contribution in [1.29, 1.82) is 0 Å². The number of hydrogen-bond acceptors (Lipinski definition) is 1. The van der Waals surface area contributed by atoms with E-state index in [4.69, 9.17) is 0 Å². The van der Waals surface area contributed by atoms with Crippen molar-refractivity contribution < 1.29 is 0 Å². The molecule has 0 atom stereocenters. The number of nitrogens with zero attached hydrogens (tertiary/aromatic N) is 1. The first kappa shape index (κ1) is 9.76. The average molecular weight is 305 g/mol. The van der Waals surface area contributed by atoms with Gasteiger partial charge in [-0.3, -0.25) is 0 Å². The van der Waals surface area contributed by atoms with Gasteiger partial charge < -0.3 is 0 Å². The molecule has 0 N–H and O–H groups in total. The van der Waals surface area contributed by atoms with Crippen molar-refractivity contribution in [3.63, 3.8) is 0 Å². The van der Waals surface area contributed by atoms with Crippen LogP contribution < -0.4 is 8.92 Å². The predicted octanol–water partition coefficient (Wildman–Crippen LogP) is 0.147. The summed E-state index contributed by atoms with van der Waals surface area (Å²) in [7, 11) is 0. The number of rotatable bonds is 2. The molecule has 0 saturated carbocycles. The molecule has 0 aliphatic carbocycles. The van der Waals surface area contributed by atoms with E-state index in [-0.39, 0.29) is 0 Å². The number of fused-ring (bicyclic) bond motifs is 1. The van der Waals surface area contributed by atoms with Crippen LogP contribution in [-0.2, 0) is 0 Å². The van der Waals surface area contributed by atoms with Crippen molar-refractivity contribution in [3.05, 3.63) is 24.3 Å². The summed E-state index contributed by atoms with van der Waals surface area (Å²) >= 11 is 1.22. The van der Waals surface area contributed by atoms with Gasteiger partial charge in [-0.05, 0) is 0 Å². The third kappa shape index (κ3) is 2.37. The predicted molar refractivity (Wildman–Crippen MR) is 58.8 cm³/mol. The van der Waals surface area contributed by atoms with Crippen LogP contribution in [0, 0.1) is 5.92 Å². The van der Waals surface area contributed by atoms with Gasteiger partial charge in [-0.25, -0.2) is 0 Å². The maximum atomic E-state index is 2.65. The Kier molecular flexibility index (Phi) is 3.13. The second-order valence-electron chi connectivity index (χ2n) is 3.54. The zero-order valence-electron chi connectivity index (χ0n) is 7.86. The van der Waals surface area contributed by atoms with Crippen molar-refractivity contribution in [1.82, 2.24) is 2.93 Å². The molecule has 3 heteroatoms. The Labute approximate surface area is 92.6 Å². The number of hydrogen-bond donors (Lipinski definition) is 0. The van der Waals surface area contributed by atoms with E-state index >= 15 is 0 Å². The Morgan fingerprint density at radius 2 is 1.69 bits per heavy atom. The van der Waals surface area contributed by atoms with Gasteiger partial charge in [0, 0.05) is 0 Å². The van der Waals surface area contributed by atoms with Crippen LogP contribution in [-0.4, -0.2) is 39.8 Å². The topological polar surface area (TPSA) is 3.24 Å².